The lowest BCUT2D eigenvalue weighted by Gasteiger charge is -2.24. The average Bonchev–Trinajstić information content (AvgIpc) is 2.25. The summed E-state index contributed by atoms with van der Waals surface area (Å²) in [5, 5.41) is 0. The third kappa shape index (κ3) is 1.90. The van der Waals surface area contributed by atoms with Crippen molar-refractivity contribution in [2.75, 3.05) is 14.2 Å². The van der Waals surface area contributed by atoms with Crippen molar-refractivity contribution in [3.63, 3.8) is 0 Å². The molecule has 0 heterocycles. The van der Waals surface area contributed by atoms with Gasteiger partial charge in [-0.05, 0) is 31.0 Å². The van der Waals surface area contributed by atoms with Gasteiger partial charge in [0.05, 0.1) is 14.2 Å². The zero-order valence-corrected chi connectivity index (χ0v) is 9.66. The fourth-order valence-electron chi connectivity index (χ4n) is 1.90. The second-order valence-corrected chi connectivity index (χ2v) is 4.06. The molecule has 0 aromatic heterocycles. The molecule has 0 aliphatic heterocycles. The van der Waals surface area contributed by atoms with Gasteiger partial charge in [0.2, 0.25) is 0 Å². The van der Waals surface area contributed by atoms with Crippen LogP contribution in [-0.4, -0.2) is 20.0 Å². The molecule has 0 saturated heterocycles. The molecule has 1 saturated carbocycles. The molecular formula is C13H16O3. The number of hydrogen-bond donors (Lipinski definition) is 0. The zero-order valence-electron chi connectivity index (χ0n) is 9.66. The Morgan fingerprint density at radius 2 is 1.88 bits per heavy atom. The summed E-state index contributed by atoms with van der Waals surface area (Å²) < 4.78 is 10.3. The van der Waals surface area contributed by atoms with Crippen LogP contribution in [0.1, 0.15) is 29.6 Å². The van der Waals surface area contributed by atoms with Crippen LogP contribution in [0.3, 0.4) is 0 Å². The maximum Gasteiger partial charge on any atom is 0.166 e. The third-order valence-electron chi connectivity index (χ3n) is 3.14. The van der Waals surface area contributed by atoms with Gasteiger partial charge in [-0.2, -0.15) is 0 Å². The van der Waals surface area contributed by atoms with Gasteiger partial charge in [-0.25, -0.2) is 0 Å². The van der Waals surface area contributed by atoms with Crippen LogP contribution in [0, 0.1) is 5.92 Å². The zero-order chi connectivity index (χ0) is 11.5. The number of carbonyl (C=O) groups is 1. The van der Waals surface area contributed by atoms with Gasteiger partial charge in [0.15, 0.2) is 17.3 Å². The molecule has 0 radical (unpaired) electrons. The van der Waals surface area contributed by atoms with Crippen LogP contribution in [0.4, 0.5) is 0 Å². The van der Waals surface area contributed by atoms with Crippen molar-refractivity contribution in [1.29, 1.82) is 0 Å². The van der Waals surface area contributed by atoms with Crippen molar-refractivity contribution in [1.82, 2.24) is 0 Å². The van der Waals surface area contributed by atoms with E-state index in [0.29, 0.717) is 11.5 Å². The first-order chi connectivity index (χ1) is 7.76. The number of methoxy groups -OCH3 is 2. The van der Waals surface area contributed by atoms with Gasteiger partial charge in [-0.15, -0.1) is 0 Å². The van der Waals surface area contributed by atoms with E-state index in [1.165, 1.54) is 6.42 Å². The number of rotatable bonds is 4. The lowest BCUT2D eigenvalue weighted by Crippen LogP contribution is -2.21. The molecule has 1 aromatic rings. The second-order valence-electron chi connectivity index (χ2n) is 4.06. The number of benzene rings is 1. The van der Waals surface area contributed by atoms with Crippen molar-refractivity contribution >= 4 is 5.78 Å². The molecule has 0 spiro atoms. The van der Waals surface area contributed by atoms with Gasteiger partial charge < -0.3 is 9.47 Å². The fourth-order valence-corrected chi connectivity index (χ4v) is 1.90. The first-order valence-electron chi connectivity index (χ1n) is 5.52. The Morgan fingerprint density at radius 3 is 2.38 bits per heavy atom. The Balaban J connectivity index is 2.24. The minimum atomic E-state index is 0.220. The summed E-state index contributed by atoms with van der Waals surface area (Å²) >= 11 is 0. The largest absolute Gasteiger partial charge is 0.493 e. The molecule has 0 unspecified atom stereocenters. The summed E-state index contributed by atoms with van der Waals surface area (Å²) in [4.78, 5) is 12.0. The second kappa shape index (κ2) is 4.56. The lowest BCUT2D eigenvalue weighted by atomic mass is 9.80. The summed E-state index contributed by atoms with van der Waals surface area (Å²) in [6, 6.07) is 5.35. The van der Waals surface area contributed by atoms with Crippen LogP contribution in [0.2, 0.25) is 0 Å². The first-order valence-corrected chi connectivity index (χ1v) is 5.52. The molecule has 0 N–H and O–H groups in total. The molecule has 2 rings (SSSR count). The van der Waals surface area contributed by atoms with Crippen LogP contribution >= 0.6 is 0 Å². The highest BCUT2D eigenvalue weighted by molar-refractivity contribution is 5.98. The summed E-state index contributed by atoms with van der Waals surface area (Å²) in [5.74, 6) is 1.73. The third-order valence-corrected chi connectivity index (χ3v) is 3.14. The number of ketones is 1. The molecular weight excluding hydrogens is 204 g/mol. The Hall–Kier alpha value is -1.51. The molecule has 1 aliphatic carbocycles. The molecule has 0 bridgehead atoms. The molecule has 3 heteroatoms. The maximum absolute atomic E-state index is 12.0. The number of ether oxygens (including phenoxy) is 2. The lowest BCUT2D eigenvalue weighted by molar-refractivity contribution is 0.0855. The van der Waals surface area contributed by atoms with E-state index in [2.05, 4.69) is 0 Å². The number of Topliss-reactive ketones (excluding diaryl/α,β-unsaturated/α-hetero) is 1. The fraction of sp³-hybridized carbons (Fsp3) is 0.462. The predicted octanol–water partition coefficient (Wildman–Crippen LogP) is 2.69. The highest BCUT2D eigenvalue weighted by Crippen LogP contribution is 2.33. The van der Waals surface area contributed by atoms with Crippen LogP contribution in [0.15, 0.2) is 18.2 Å². The van der Waals surface area contributed by atoms with Crippen molar-refractivity contribution in [2.45, 2.75) is 19.3 Å². The Kier molecular flexibility index (Phi) is 3.13. The van der Waals surface area contributed by atoms with E-state index in [1.807, 2.05) is 6.07 Å². The van der Waals surface area contributed by atoms with Crippen molar-refractivity contribution < 1.29 is 14.3 Å². The average molecular weight is 220 g/mol. The van der Waals surface area contributed by atoms with Gasteiger partial charge in [-0.1, -0.05) is 6.42 Å². The Labute approximate surface area is 95.4 Å². The molecule has 1 fully saturated rings. The highest BCUT2D eigenvalue weighted by atomic mass is 16.5. The molecule has 16 heavy (non-hydrogen) atoms. The van der Waals surface area contributed by atoms with Crippen LogP contribution in [-0.2, 0) is 0 Å². The van der Waals surface area contributed by atoms with Crippen molar-refractivity contribution in [3.05, 3.63) is 23.8 Å². The summed E-state index contributed by atoms with van der Waals surface area (Å²) in [5.41, 5.74) is 0.724. The SMILES string of the molecule is COc1ccc(C(=O)C2CCC2)cc1OC. The minimum absolute atomic E-state index is 0.220. The topological polar surface area (TPSA) is 35.5 Å². The Morgan fingerprint density at radius 1 is 1.19 bits per heavy atom. The summed E-state index contributed by atoms with van der Waals surface area (Å²) in [7, 11) is 3.17. The molecule has 0 atom stereocenters. The van der Waals surface area contributed by atoms with Gasteiger partial charge in [0.25, 0.3) is 0 Å². The van der Waals surface area contributed by atoms with E-state index in [1.54, 1.807) is 26.4 Å². The van der Waals surface area contributed by atoms with E-state index >= 15 is 0 Å². The van der Waals surface area contributed by atoms with Crippen LogP contribution < -0.4 is 9.47 Å². The minimum Gasteiger partial charge on any atom is -0.493 e. The standard InChI is InChI=1S/C13H16O3/c1-15-11-7-6-10(8-12(11)16-2)13(14)9-4-3-5-9/h6-9H,3-5H2,1-2H3. The van der Waals surface area contributed by atoms with Gasteiger partial charge in [0.1, 0.15) is 0 Å². The van der Waals surface area contributed by atoms with Gasteiger partial charge in [-0.3, -0.25) is 4.79 Å². The van der Waals surface area contributed by atoms with E-state index in [-0.39, 0.29) is 11.7 Å². The van der Waals surface area contributed by atoms with Gasteiger partial charge >= 0.3 is 0 Å². The number of hydrogen-bond acceptors (Lipinski definition) is 3. The van der Waals surface area contributed by atoms with Crippen LogP contribution in [0.25, 0.3) is 0 Å². The number of carbonyl (C=O) groups excluding carboxylic acids is 1. The van der Waals surface area contributed by atoms with E-state index in [0.717, 1.165) is 18.4 Å². The maximum atomic E-state index is 12.0. The quantitative estimate of drug-likeness (QED) is 0.732. The van der Waals surface area contributed by atoms with Crippen LogP contribution in [0.5, 0.6) is 11.5 Å². The van der Waals surface area contributed by atoms with Gasteiger partial charge in [0, 0.05) is 11.5 Å². The van der Waals surface area contributed by atoms with Crippen molar-refractivity contribution in [3.8, 4) is 11.5 Å². The Bertz CT molecular complexity index is 394. The molecule has 1 aromatic carbocycles. The molecule has 3 nitrogen and oxygen atoms in total. The normalized spacial score (nSPS) is 15.4. The first kappa shape index (κ1) is 11.0. The summed E-state index contributed by atoms with van der Waals surface area (Å²) in [6.07, 6.45) is 3.21. The smallest absolute Gasteiger partial charge is 0.166 e. The monoisotopic (exact) mass is 220 g/mol. The van der Waals surface area contributed by atoms with E-state index < -0.39 is 0 Å². The predicted molar refractivity (Wildman–Crippen MR) is 61.2 cm³/mol. The molecule has 1 aliphatic rings. The highest BCUT2D eigenvalue weighted by Gasteiger charge is 2.26. The molecule has 86 valence electrons. The van der Waals surface area contributed by atoms with E-state index in [9.17, 15) is 4.79 Å². The van der Waals surface area contributed by atoms with Crippen molar-refractivity contribution in [2.24, 2.45) is 5.92 Å². The summed E-state index contributed by atoms with van der Waals surface area (Å²) in [6.45, 7) is 0. The van der Waals surface area contributed by atoms with E-state index in [4.69, 9.17) is 9.47 Å². The molecule has 0 amide bonds.